The van der Waals surface area contributed by atoms with Gasteiger partial charge < -0.3 is 20.1 Å². The number of methoxy groups -OCH3 is 1. The monoisotopic (exact) mass is 561 g/mol. The summed E-state index contributed by atoms with van der Waals surface area (Å²) in [6.07, 6.45) is 0. The summed E-state index contributed by atoms with van der Waals surface area (Å²) in [4.78, 5) is 38.3. The highest BCUT2D eigenvalue weighted by Gasteiger charge is 2.44. The number of rotatable bonds is 8. The molecule has 194 valence electrons. The Bertz CT molecular complexity index is 1300. The summed E-state index contributed by atoms with van der Waals surface area (Å²) in [7, 11) is 1.16. The van der Waals surface area contributed by atoms with Crippen molar-refractivity contribution in [2.75, 3.05) is 24.8 Å². The summed E-state index contributed by atoms with van der Waals surface area (Å²) in [5, 5.41) is 16.0. The molecule has 1 heterocycles. The topological polar surface area (TPSA) is 118 Å². The molecule has 0 radical (unpaired) electrons. The van der Waals surface area contributed by atoms with E-state index >= 15 is 0 Å². The molecule has 2 amide bonds. The van der Waals surface area contributed by atoms with Crippen molar-refractivity contribution in [2.24, 2.45) is 5.92 Å². The number of thioether (sulfide) groups is 1. The average molecular weight is 562 g/mol. The van der Waals surface area contributed by atoms with Gasteiger partial charge >= 0.3 is 5.97 Å². The molecule has 0 saturated heterocycles. The molecule has 0 aromatic heterocycles. The van der Waals surface area contributed by atoms with E-state index in [-0.39, 0.29) is 38.1 Å². The van der Waals surface area contributed by atoms with Crippen molar-refractivity contribution >= 4 is 58.4 Å². The standard InChI is InChI=1S/C26H25Cl2N3O5S/c1-5-36-23-17(27)9-15(10-18(23)28)21-16(11-29)25(31-24(33)22(21)26(34)35-4)37-12-20(32)30-19-7-6-13(2)8-14(19)3/h6-10,21-22H,5,12H2,1-4H3,(H,30,32)(H,31,33)/t21-,22+/m0/s1. The van der Waals surface area contributed by atoms with E-state index in [2.05, 4.69) is 16.7 Å². The SMILES string of the molecule is CCOc1c(Cl)cc([C@H]2C(C#N)=C(SCC(=O)Nc3ccc(C)cc3C)NC(=O)[C@@H]2C(=O)OC)cc1Cl. The van der Waals surface area contributed by atoms with E-state index in [0.29, 0.717) is 17.9 Å². The number of nitrogens with zero attached hydrogens (tertiary/aromatic N) is 1. The average Bonchev–Trinajstić information content (AvgIpc) is 2.85. The first kappa shape index (κ1) is 28.4. The Labute approximate surface area is 229 Å². The number of nitrogens with one attached hydrogen (secondary N) is 2. The maximum absolute atomic E-state index is 13.0. The highest BCUT2D eigenvalue weighted by atomic mass is 35.5. The normalized spacial score (nSPS) is 17.1. The fourth-order valence-electron chi connectivity index (χ4n) is 4.00. The van der Waals surface area contributed by atoms with Gasteiger partial charge in [0.25, 0.3) is 0 Å². The fraction of sp³-hybridized carbons (Fsp3) is 0.308. The Morgan fingerprint density at radius 3 is 2.43 bits per heavy atom. The zero-order chi connectivity index (χ0) is 27.3. The molecule has 2 N–H and O–H groups in total. The van der Waals surface area contributed by atoms with Crippen LogP contribution in [-0.2, 0) is 19.1 Å². The van der Waals surface area contributed by atoms with Crippen LogP contribution in [0.5, 0.6) is 5.75 Å². The first-order chi connectivity index (χ1) is 17.6. The first-order valence-corrected chi connectivity index (χ1v) is 13.0. The Kier molecular flexibility index (Phi) is 9.49. The third-order valence-electron chi connectivity index (χ3n) is 5.66. The fourth-order valence-corrected chi connectivity index (χ4v) is 5.46. The van der Waals surface area contributed by atoms with Gasteiger partial charge in [-0.05, 0) is 50.1 Å². The van der Waals surface area contributed by atoms with Crippen LogP contribution in [0, 0.1) is 31.1 Å². The second kappa shape index (κ2) is 12.4. The van der Waals surface area contributed by atoms with Crippen LogP contribution in [0.3, 0.4) is 0 Å². The second-order valence-electron chi connectivity index (χ2n) is 8.22. The first-order valence-electron chi connectivity index (χ1n) is 11.3. The number of esters is 1. The maximum atomic E-state index is 13.0. The van der Waals surface area contributed by atoms with Gasteiger partial charge in [0.2, 0.25) is 11.8 Å². The van der Waals surface area contributed by atoms with Crippen LogP contribution >= 0.6 is 35.0 Å². The third kappa shape index (κ3) is 6.39. The van der Waals surface area contributed by atoms with Crippen molar-refractivity contribution in [1.82, 2.24) is 5.32 Å². The van der Waals surface area contributed by atoms with Crippen molar-refractivity contribution in [3.63, 3.8) is 0 Å². The summed E-state index contributed by atoms with van der Waals surface area (Å²) in [5.41, 5.74) is 3.08. The number of carbonyl (C=O) groups excluding carboxylic acids is 3. The van der Waals surface area contributed by atoms with E-state index in [0.717, 1.165) is 30.0 Å². The minimum absolute atomic E-state index is 0.0793. The zero-order valence-corrected chi connectivity index (χ0v) is 22.9. The Morgan fingerprint density at radius 1 is 1.19 bits per heavy atom. The van der Waals surface area contributed by atoms with Crippen LogP contribution in [0.1, 0.15) is 29.5 Å². The second-order valence-corrected chi connectivity index (χ2v) is 10.0. The molecule has 0 unspecified atom stereocenters. The number of amides is 2. The number of hydrogen-bond acceptors (Lipinski definition) is 7. The highest BCUT2D eigenvalue weighted by molar-refractivity contribution is 8.03. The molecule has 0 spiro atoms. The highest BCUT2D eigenvalue weighted by Crippen LogP contribution is 2.44. The van der Waals surface area contributed by atoms with Crippen molar-refractivity contribution in [1.29, 1.82) is 5.26 Å². The lowest BCUT2D eigenvalue weighted by molar-refractivity contribution is -0.150. The molecule has 0 fully saturated rings. The van der Waals surface area contributed by atoms with E-state index in [1.807, 2.05) is 32.0 Å². The number of allylic oxidation sites excluding steroid dienone is 1. The lowest BCUT2D eigenvalue weighted by Crippen LogP contribution is -2.44. The summed E-state index contributed by atoms with van der Waals surface area (Å²) in [5.74, 6) is -4.06. The van der Waals surface area contributed by atoms with Crippen LogP contribution < -0.4 is 15.4 Å². The van der Waals surface area contributed by atoms with E-state index in [1.54, 1.807) is 6.92 Å². The predicted octanol–water partition coefficient (Wildman–Crippen LogP) is 5.12. The number of halogens is 2. The number of aryl methyl sites for hydroxylation is 2. The van der Waals surface area contributed by atoms with Crippen LogP contribution in [-0.4, -0.2) is 37.3 Å². The van der Waals surface area contributed by atoms with Crippen LogP contribution in [0.25, 0.3) is 0 Å². The molecule has 8 nitrogen and oxygen atoms in total. The third-order valence-corrected chi connectivity index (χ3v) is 7.23. The van der Waals surface area contributed by atoms with Crippen LogP contribution in [0.2, 0.25) is 10.0 Å². The van der Waals surface area contributed by atoms with Gasteiger partial charge in [0.05, 0.1) is 46.2 Å². The molecular formula is C26H25Cl2N3O5S. The molecule has 0 saturated carbocycles. The van der Waals surface area contributed by atoms with E-state index in [9.17, 15) is 19.6 Å². The van der Waals surface area contributed by atoms with Crippen molar-refractivity contribution < 1.29 is 23.9 Å². The summed E-state index contributed by atoms with van der Waals surface area (Å²) in [6, 6.07) is 10.7. The lowest BCUT2D eigenvalue weighted by atomic mass is 9.78. The van der Waals surface area contributed by atoms with Gasteiger partial charge in [0, 0.05) is 11.6 Å². The smallest absolute Gasteiger partial charge is 0.319 e. The number of hydrogen-bond donors (Lipinski definition) is 2. The van der Waals surface area contributed by atoms with E-state index in [4.69, 9.17) is 32.7 Å². The van der Waals surface area contributed by atoms with Crippen LogP contribution in [0.15, 0.2) is 40.9 Å². The quantitative estimate of drug-likeness (QED) is 0.339. The predicted molar refractivity (Wildman–Crippen MR) is 144 cm³/mol. The molecule has 2 aromatic rings. The van der Waals surface area contributed by atoms with Crippen LogP contribution in [0.4, 0.5) is 5.69 Å². The Balaban J connectivity index is 1.97. The minimum atomic E-state index is -1.36. The molecule has 11 heteroatoms. The van der Waals surface area contributed by atoms with Gasteiger partial charge in [0.1, 0.15) is 5.92 Å². The summed E-state index contributed by atoms with van der Waals surface area (Å²) >= 11 is 13.7. The summed E-state index contributed by atoms with van der Waals surface area (Å²) < 4.78 is 10.3. The van der Waals surface area contributed by atoms with Crippen molar-refractivity contribution in [2.45, 2.75) is 26.7 Å². The van der Waals surface area contributed by atoms with Gasteiger partial charge in [-0.3, -0.25) is 14.4 Å². The largest absolute Gasteiger partial charge is 0.491 e. The molecule has 37 heavy (non-hydrogen) atoms. The van der Waals surface area contributed by atoms with Crippen molar-refractivity contribution in [3.05, 3.63) is 67.7 Å². The molecule has 2 aromatic carbocycles. The minimum Gasteiger partial charge on any atom is -0.491 e. The van der Waals surface area contributed by atoms with Gasteiger partial charge in [-0.15, -0.1) is 0 Å². The van der Waals surface area contributed by atoms with Gasteiger partial charge in [0.15, 0.2) is 5.75 Å². The molecule has 0 bridgehead atoms. The number of anilines is 1. The number of nitriles is 1. The zero-order valence-electron chi connectivity index (χ0n) is 20.6. The maximum Gasteiger partial charge on any atom is 0.319 e. The van der Waals surface area contributed by atoms with Gasteiger partial charge in [-0.25, -0.2) is 0 Å². The molecular weight excluding hydrogens is 537 g/mol. The van der Waals surface area contributed by atoms with Crippen molar-refractivity contribution in [3.8, 4) is 11.8 Å². The summed E-state index contributed by atoms with van der Waals surface area (Å²) in [6.45, 7) is 5.94. The molecule has 3 rings (SSSR count). The lowest BCUT2D eigenvalue weighted by Gasteiger charge is -2.31. The molecule has 1 aliphatic rings. The Hall–Kier alpha value is -3.19. The van der Waals surface area contributed by atoms with E-state index in [1.165, 1.54) is 12.1 Å². The number of carbonyl (C=O) groups is 3. The number of benzene rings is 2. The van der Waals surface area contributed by atoms with Gasteiger partial charge in [-0.1, -0.05) is 52.7 Å². The molecule has 0 aliphatic carbocycles. The molecule has 2 atom stereocenters. The molecule has 1 aliphatic heterocycles. The van der Waals surface area contributed by atoms with Gasteiger partial charge in [-0.2, -0.15) is 5.26 Å². The number of ether oxygens (including phenoxy) is 2. The van der Waals surface area contributed by atoms with E-state index < -0.39 is 23.7 Å². The Morgan fingerprint density at radius 2 is 1.86 bits per heavy atom.